The first-order valence-corrected chi connectivity index (χ1v) is 11.2. The Bertz CT molecular complexity index is 525. The summed E-state index contributed by atoms with van der Waals surface area (Å²) in [6.45, 7) is 8.16. The lowest BCUT2D eigenvalue weighted by Gasteiger charge is -2.29. The summed E-state index contributed by atoms with van der Waals surface area (Å²) >= 11 is 0. The van der Waals surface area contributed by atoms with Crippen molar-refractivity contribution in [2.75, 3.05) is 6.61 Å². The van der Waals surface area contributed by atoms with E-state index in [0.717, 1.165) is 38.5 Å². The van der Waals surface area contributed by atoms with Crippen molar-refractivity contribution in [2.24, 2.45) is 17.3 Å². The number of allylic oxidation sites excluding steroid dienone is 2. The second-order valence-electron chi connectivity index (χ2n) is 9.08. The minimum absolute atomic E-state index is 0.0375. The minimum atomic E-state index is -0.575. The quantitative estimate of drug-likeness (QED) is 0.241. The molecule has 29 heavy (non-hydrogen) atoms. The van der Waals surface area contributed by atoms with Crippen LogP contribution in [0.2, 0.25) is 0 Å². The van der Waals surface area contributed by atoms with Gasteiger partial charge in [0.05, 0.1) is 24.9 Å². The third-order valence-electron chi connectivity index (χ3n) is 6.05. The molecule has 168 valence electrons. The Morgan fingerprint density at radius 1 is 1.17 bits per heavy atom. The molecule has 1 aliphatic rings. The van der Waals surface area contributed by atoms with Crippen LogP contribution in [0.1, 0.15) is 79.1 Å². The Labute approximate surface area is 176 Å². The van der Waals surface area contributed by atoms with Crippen LogP contribution in [0.15, 0.2) is 24.3 Å². The van der Waals surface area contributed by atoms with E-state index in [-0.39, 0.29) is 23.2 Å². The first kappa shape index (κ1) is 25.9. The zero-order valence-electron chi connectivity index (χ0n) is 18.7. The van der Waals surface area contributed by atoms with Crippen molar-refractivity contribution >= 4 is 5.97 Å². The molecule has 5 atom stereocenters. The number of rotatable bonds is 13. The second-order valence-corrected chi connectivity index (χ2v) is 9.08. The largest absolute Gasteiger partial charge is 0.466 e. The van der Waals surface area contributed by atoms with Crippen LogP contribution in [-0.2, 0) is 9.53 Å². The molecule has 0 aliphatic heterocycles. The summed E-state index contributed by atoms with van der Waals surface area (Å²) in [7, 11) is 0. The van der Waals surface area contributed by atoms with Crippen LogP contribution in [-0.4, -0.2) is 46.2 Å². The number of esters is 1. The summed E-state index contributed by atoms with van der Waals surface area (Å²) in [4.78, 5) is 10.7. The van der Waals surface area contributed by atoms with Crippen LogP contribution in [0.5, 0.6) is 0 Å². The van der Waals surface area contributed by atoms with Crippen molar-refractivity contribution in [1.29, 1.82) is 0 Å². The molecule has 0 unspecified atom stereocenters. The average Bonchev–Trinajstić information content (AvgIpc) is 2.92. The first-order chi connectivity index (χ1) is 13.7. The zero-order valence-corrected chi connectivity index (χ0v) is 18.7. The van der Waals surface area contributed by atoms with Gasteiger partial charge in [-0.15, -0.1) is 0 Å². The van der Waals surface area contributed by atoms with Crippen molar-refractivity contribution in [1.82, 2.24) is 0 Å². The fourth-order valence-electron chi connectivity index (χ4n) is 3.93. The molecule has 5 nitrogen and oxygen atoms in total. The number of hydrogen-bond acceptors (Lipinski definition) is 5. The molecule has 1 rings (SSSR count). The monoisotopic (exact) mass is 410 g/mol. The predicted octanol–water partition coefficient (Wildman–Crippen LogP) is 4.16. The molecule has 3 N–H and O–H groups in total. The van der Waals surface area contributed by atoms with Gasteiger partial charge >= 0.3 is 5.97 Å². The molecule has 0 radical (unpaired) electrons. The number of unbranched alkanes of at least 4 members (excludes halogenated alkanes) is 3. The molecule has 1 saturated carbocycles. The molecule has 0 spiro atoms. The minimum Gasteiger partial charge on any atom is -0.466 e. The summed E-state index contributed by atoms with van der Waals surface area (Å²) in [5.74, 6) is -0.424. The number of aliphatic hydroxyl groups excluding tert-OH is 3. The highest BCUT2D eigenvalue weighted by molar-refractivity contribution is 5.65. The van der Waals surface area contributed by atoms with Gasteiger partial charge < -0.3 is 20.1 Å². The molecule has 0 heterocycles. The summed E-state index contributed by atoms with van der Waals surface area (Å²) in [6, 6.07) is 0. The molecule has 0 aromatic carbocycles. The Kier molecular flexibility index (Phi) is 11.8. The number of carbonyl (C=O) groups excluding carboxylic acids is 1. The molecular weight excluding hydrogens is 368 g/mol. The highest BCUT2D eigenvalue weighted by atomic mass is 16.5. The zero-order chi connectivity index (χ0) is 21.9. The van der Waals surface area contributed by atoms with Crippen LogP contribution in [0, 0.1) is 17.3 Å². The van der Waals surface area contributed by atoms with E-state index in [1.165, 1.54) is 6.92 Å². The summed E-state index contributed by atoms with van der Waals surface area (Å²) in [6.07, 6.45) is 13.1. The van der Waals surface area contributed by atoms with E-state index in [1.54, 1.807) is 0 Å². The standard InChI is InChI=1S/C24H42O5/c1-5-6-15-24(3,4)23(28)14-13-20-19(21(26)17-22(20)27)12-10-8-7-9-11-16-29-18(2)25/h8,10,13-14,19-23,26-28H,5-7,9,11-12,15-17H2,1-4H3/b10-8-,14-13+/t19-,20-,21+,22-,23-/m1/s1. The van der Waals surface area contributed by atoms with Gasteiger partial charge in [0.1, 0.15) is 0 Å². The molecule has 1 aliphatic carbocycles. The van der Waals surface area contributed by atoms with Gasteiger partial charge in [0.2, 0.25) is 0 Å². The van der Waals surface area contributed by atoms with Crippen LogP contribution < -0.4 is 0 Å². The van der Waals surface area contributed by atoms with E-state index < -0.39 is 18.3 Å². The van der Waals surface area contributed by atoms with Crippen molar-refractivity contribution < 1.29 is 24.9 Å². The maximum Gasteiger partial charge on any atom is 0.302 e. The van der Waals surface area contributed by atoms with Gasteiger partial charge in [-0.1, -0.05) is 57.9 Å². The van der Waals surface area contributed by atoms with Crippen molar-refractivity contribution in [3.05, 3.63) is 24.3 Å². The SMILES string of the molecule is CCCCC(C)(C)[C@H](O)/C=C/[C@@H]1[C@@H](C/C=C\CCCCOC(C)=O)[C@@H](O)C[C@H]1O. The lowest BCUT2D eigenvalue weighted by molar-refractivity contribution is -0.141. The second kappa shape index (κ2) is 13.2. The number of hydrogen-bond donors (Lipinski definition) is 3. The fraction of sp³-hybridized carbons (Fsp3) is 0.792. The molecule has 0 bridgehead atoms. The van der Waals surface area contributed by atoms with Gasteiger partial charge in [-0.25, -0.2) is 0 Å². The van der Waals surface area contributed by atoms with Gasteiger partial charge in [-0.3, -0.25) is 4.79 Å². The summed E-state index contributed by atoms with van der Waals surface area (Å²) in [5.41, 5.74) is -0.198. The van der Waals surface area contributed by atoms with Crippen LogP contribution in [0.25, 0.3) is 0 Å². The van der Waals surface area contributed by atoms with Gasteiger partial charge in [0.25, 0.3) is 0 Å². The first-order valence-electron chi connectivity index (χ1n) is 11.2. The van der Waals surface area contributed by atoms with Gasteiger partial charge in [-0.05, 0) is 43.4 Å². The van der Waals surface area contributed by atoms with E-state index in [2.05, 4.69) is 32.9 Å². The van der Waals surface area contributed by atoms with Gasteiger partial charge in [0.15, 0.2) is 0 Å². The molecule has 5 heteroatoms. The van der Waals surface area contributed by atoms with Crippen molar-refractivity contribution in [3.63, 3.8) is 0 Å². The molecule has 0 amide bonds. The third kappa shape index (κ3) is 9.45. The van der Waals surface area contributed by atoms with Crippen LogP contribution in [0.3, 0.4) is 0 Å². The Hall–Kier alpha value is -1.17. The normalized spacial score (nSPS) is 26.4. The van der Waals surface area contributed by atoms with Crippen LogP contribution in [0.4, 0.5) is 0 Å². The Morgan fingerprint density at radius 3 is 2.55 bits per heavy atom. The van der Waals surface area contributed by atoms with Crippen molar-refractivity contribution in [3.8, 4) is 0 Å². The third-order valence-corrected chi connectivity index (χ3v) is 6.05. The number of aliphatic hydroxyl groups is 3. The van der Waals surface area contributed by atoms with E-state index in [0.29, 0.717) is 19.4 Å². The maximum atomic E-state index is 10.7. The van der Waals surface area contributed by atoms with Crippen molar-refractivity contribution in [2.45, 2.75) is 97.4 Å². The highest BCUT2D eigenvalue weighted by Gasteiger charge is 2.39. The summed E-state index contributed by atoms with van der Waals surface area (Å²) < 4.78 is 4.91. The molecule has 0 saturated heterocycles. The topological polar surface area (TPSA) is 87.0 Å². The Morgan fingerprint density at radius 2 is 1.90 bits per heavy atom. The fourth-order valence-corrected chi connectivity index (χ4v) is 3.93. The average molecular weight is 411 g/mol. The molecule has 1 fully saturated rings. The van der Waals surface area contributed by atoms with E-state index in [9.17, 15) is 20.1 Å². The van der Waals surface area contributed by atoms with Gasteiger partial charge in [0, 0.05) is 19.3 Å². The lowest BCUT2D eigenvalue weighted by atomic mass is 9.80. The van der Waals surface area contributed by atoms with E-state index in [1.807, 2.05) is 12.2 Å². The molecular formula is C24H42O5. The highest BCUT2D eigenvalue weighted by Crippen LogP contribution is 2.37. The smallest absolute Gasteiger partial charge is 0.302 e. The lowest BCUT2D eigenvalue weighted by Crippen LogP contribution is -2.28. The molecule has 0 aromatic rings. The van der Waals surface area contributed by atoms with E-state index in [4.69, 9.17) is 4.74 Å². The van der Waals surface area contributed by atoms with Gasteiger partial charge in [-0.2, -0.15) is 0 Å². The maximum absolute atomic E-state index is 10.7. The van der Waals surface area contributed by atoms with Crippen LogP contribution >= 0.6 is 0 Å². The summed E-state index contributed by atoms with van der Waals surface area (Å²) in [5, 5.41) is 31.3. The Balaban J connectivity index is 2.52. The van der Waals surface area contributed by atoms with E-state index >= 15 is 0 Å². The molecule has 0 aromatic heterocycles. The number of ether oxygens (including phenoxy) is 1. The predicted molar refractivity (Wildman–Crippen MR) is 116 cm³/mol. The number of carbonyl (C=O) groups is 1.